The molecule has 21 heavy (non-hydrogen) atoms. The lowest BCUT2D eigenvalue weighted by Gasteiger charge is -2.09. The first-order chi connectivity index (χ1) is 9.43. The Labute approximate surface area is 130 Å². The SMILES string of the molecule is Br.N[C@@H](CO)C(=O)NCC(=O)Oc1ccc([N+](=O)[O-])cc1. The monoisotopic (exact) mass is 363 g/mol. The molecule has 1 rings (SSSR count). The third kappa shape index (κ3) is 6.29. The Kier molecular flexibility index (Phi) is 8.12. The predicted molar refractivity (Wildman–Crippen MR) is 77.1 cm³/mol. The van der Waals surface area contributed by atoms with Crippen LogP contribution < -0.4 is 15.8 Å². The molecule has 0 heterocycles. The minimum atomic E-state index is -1.11. The molecule has 10 heteroatoms. The number of nitrogens with two attached hydrogens (primary N) is 1. The topological polar surface area (TPSA) is 145 Å². The lowest BCUT2D eigenvalue weighted by Crippen LogP contribution is -2.45. The van der Waals surface area contributed by atoms with Crippen molar-refractivity contribution in [2.45, 2.75) is 6.04 Å². The van der Waals surface area contributed by atoms with Crippen LogP contribution in [0, 0.1) is 10.1 Å². The zero-order chi connectivity index (χ0) is 15.1. The maximum atomic E-state index is 11.4. The molecule has 0 aliphatic rings. The highest BCUT2D eigenvalue weighted by molar-refractivity contribution is 8.93. The smallest absolute Gasteiger partial charge is 0.330 e. The number of ether oxygens (including phenoxy) is 1. The van der Waals surface area contributed by atoms with Crippen molar-refractivity contribution in [1.82, 2.24) is 5.32 Å². The van der Waals surface area contributed by atoms with Crippen LogP contribution in [0.1, 0.15) is 0 Å². The number of rotatable bonds is 6. The Morgan fingerprint density at radius 2 is 1.95 bits per heavy atom. The van der Waals surface area contributed by atoms with E-state index in [1.54, 1.807) is 0 Å². The van der Waals surface area contributed by atoms with E-state index < -0.39 is 36.0 Å². The molecule has 9 nitrogen and oxygen atoms in total. The van der Waals surface area contributed by atoms with Crippen LogP contribution in [0.25, 0.3) is 0 Å². The van der Waals surface area contributed by atoms with Crippen LogP contribution in [0.2, 0.25) is 0 Å². The summed E-state index contributed by atoms with van der Waals surface area (Å²) >= 11 is 0. The van der Waals surface area contributed by atoms with E-state index in [9.17, 15) is 19.7 Å². The van der Waals surface area contributed by atoms with Gasteiger partial charge < -0.3 is 20.9 Å². The zero-order valence-electron chi connectivity index (χ0n) is 10.7. The quantitative estimate of drug-likeness (QED) is 0.267. The van der Waals surface area contributed by atoms with Crippen molar-refractivity contribution in [3.8, 4) is 5.75 Å². The number of hydrogen-bond acceptors (Lipinski definition) is 7. The third-order valence-corrected chi connectivity index (χ3v) is 2.22. The number of esters is 1. The maximum Gasteiger partial charge on any atom is 0.330 e. The average Bonchev–Trinajstić information content (AvgIpc) is 2.44. The lowest BCUT2D eigenvalue weighted by atomic mass is 10.3. The summed E-state index contributed by atoms with van der Waals surface area (Å²) in [7, 11) is 0. The van der Waals surface area contributed by atoms with E-state index in [-0.39, 0.29) is 28.4 Å². The fourth-order valence-corrected chi connectivity index (χ4v) is 1.18. The number of carbonyl (C=O) groups excluding carboxylic acids is 2. The Morgan fingerprint density at radius 3 is 2.43 bits per heavy atom. The molecule has 0 aliphatic heterocycles. The van der Waals surface area contributed by atoms with Crippen molar-refractivity contribution < 1.29 is 24.4 Å². The van der Waals surface area contributed by atoms with Gasteiger partial charge in [0.1, 0.15) is 18.3 Å². The summed E-state index contributed by atoms with van der Waals surface area (Å²) in [6.45, 7) is -0.966. The van der Waals surface area contributed by atoms with E-state index in [2.05, 4.69) is 5.32 Å². The number of non-ortho nitro benzene ring substituents is 1. The number of nitro groups is 1. The van der Waals surface area contributed by atoms with Crippen LogP contribution in [0.5, 0.6) is 5.75 Å². The Hall–Kier alpha value is -2.04. The van der Waals surface area contributed by atoms with E-state index in [0.29, 0.717) is 0 Å². The molecule has 1 amide bonds. The Balaban J connectivity index is 0.00000400. The van der Waals surface area contributed by atoms with Crippen molar-refractivity contribution >= 4 is 34.5 Å². The molecule has 1 aromatic rings. The number of nitrogens with one attached hydrogen (secondary N) is 1. The van der Waals surface area contributed by atoms with Crippen LogP contribution >= 0.6 is 17.0 Å². The fourth-order valence-electron chi connectivity index (χ4n) is 1.18. The molecular weight excluding hydrogens is 350 g/mol. The predicted octanol–water partition coefficient (Wildman–Crippen LogP) is -0.486. The normalized spacial score (nSPS) is 11.0. The van der Waals surface area contributed by atoms with Crippen molar-refractivity contribution in [1.29, 1.82) is 0 Å². The minimum Gasteiger partial charge on any atom is -0.425 e. The van der Waals surface area contributed by atoms with E-state index in [1.165, 1.54) is 24.3 Å². The Bertz CT molecular complexity index is 507. The summed E-state index contributed by atoms with van der Waals surface area (Å²) in [4.78, 5) is 32.4. The van der Waals surface area contributed by atoms with E-state index in [4.69, 9.17) is 15.6 Å². The van der Waals surface area contributed by atoms with Gasteiger partial charge in [-0.05, 0) is 12.1 Å². The second-order valence-corrected chi connectivity index (χ2v) is 3.73. The number of benzene rings is 1. The standard InChI is InChI=1S/C11H13N3O6.BrH/c12-9(6-15)11(17)13-5-10(16)20-8-3-1-7(2-4-8)14(18)19;/h1-4,9,15H,5-6,12H2,(H,13,17);1H/t9-;/m0./s1. The summed E-state index contributed by atoms with van der Waals surface area (Å²) < 4.78 is 4.83. The van der Waals surface area contributed by atoms with Gasteiger partial charge in [-0.1, -0.05) is 0 Å². The van der Waals surface area contributed by atoms with Crippen molar-refractivity contribution in [3.63, 3.8) is 0 Å². The number of nitro benzene ring substituents is 1. The van der Waals surface area contributed by atoms with Gasteiger partial charge in [-0.15, -0.1) is 17.0 Å². The van der Waals surface area contributed by atoms with Crippen LogP contribution in [0.4, 0.5) is 5.69 Å². The largest absolute Gasteiger partial charge is 0.425 e. The summed E-state index contributed by atoms with van der Waals surface area (Å²) in [6.07, 6.45) is 0. The van der Waals surface area contributed by atoms with E-state index in [0.717, 1.165) is 0 Å². The molecule has 0 radical (unpaired) electrons. The summed E-state index contributed by atoms with van der Waals surface area (Å²) in [5.74, 6) is -1.34. The molecule has 0 aromatic heterocycles. The number of aliphatic hydroxyl groups is 1. The first kappa shape index (κ1) is 19.0. The van der Waals surface area contributed by atoms with E-state index in [1.807, 2.05) is 0 Å². The molecule has 1 aromatic carbocycles. The number of nitrogens with zero attached hydrogens (tertiary/aromatic N) is 1. The van der Waals surface area contributed by atoms with Crippen LogP contribution in [-0.2, 0) is 9.59 Å². The van der Waals surface area contributed by atoms with Gasteiger partial charge in [0.2, 0.25) is 5.91 Å². The third-order valence-electron chi connectivity index (χ3n) is 2.22. The highest BCUT2D eigenvalue weighted by Gasteiger charge is 2.14. The number of aliphatic hydroxyl groups excluding tert-OH is 1. The van der Waals surface area contributed by atoms with Gasteiger partial charge in [0.15, 0.2) is 0 Å². The lowest BCUT2D eigenvalue weighted by molar-refractivity contribution is -0.384. The molecule has 1 atom stereocenters. The molecule has 0 saturated carbocycles. The maximum absolute atomic E-state index is 11.4. The summed E-state index contributed by atoms with van der Waals surface area (Å²) in [5, 5.41) is 21.2. The van der Waals surface area contributed by atoms with Crippen LogP contribution in [-0.4, -0.2) is 41.1 Å². The zero-order valence-corrected chi connectivity index (χ0v) is 12.4. The van der Waals surface area contributed by atoms with Gasteiger partial charge in [0.25, 0.3) is 5.69 Å². The highest BCUT2D eigenvalue weighted by Crippen LogP contribution is 2.17. The van der Waals surface area contributed by atoms with Gasteiger partial charge in [0.05, 0.1) is 11.5 Å². The first-order valence-corrected chi connectivity index (χ1v) is 5.53. The van der Waals surface area contributed by atoms with Crippen LogP contribution in [0.3, 0.4) is 0 Å². The van der Waals surface area contributed by atoms with Gasteiger partial charge in [0, 0.05) is 12.1 Å². The molecule has 0 unspecified atom stereocenters. The highest BCUT2D eigenvalue weighted by atomic mass is 79.9. The van der Waals surface area contributed by atoms with Gasteiger partial charge in [-0.2, -0.15) is 0 Å². The number of amides is 1. The van der Waals surface area contributed by atoms with Gasteiger partial charge >= 0.3 is 5.97 Å². The molecule has 4 N–H and O–H groups in total. The van der Waals surface area contributed by atoms with E-state index >= 15 is 0 Å². The summed E-state index contributed by atoms with van der Waals surface area (Å²) in [6, 6.07) is 3.78. The molecule has 0 saturated heterocycles. The number of halogens is 1. The molecular formula is C11H14BrN3O6. The molecule has 0 fully saturated rings. The molecule has 116 valence electrons. The van der Waals surface area contributed by atoms with Gasteiger partial charge in [-0.3, -0.25) is 14.9 Å². The fraction of sp³-hybridized carbons (Fsp3) is 0.273. The van der Waals surface area contributed by atoms with Gasteiger partial charge in [-0.25, -0.2) is 4.79 Å². The van der Waals surface area contributed by atoms with Crippen molar-refractivity contribution in [2.24, 2.45) is 5.73 Å². The average molecular weight is 364 g/mol. The molecule has 0 spiro atoms. The number of hydrogen-bond donors (Lipinski definition) is 3. The minimum absolute atomic E-state index is 0. The number of carbonyl (C=O) groups is 2. The Morgan fingerprint density at radius 1 is 1.38 bits per heavy atom. The van der Waals surface area contributed by atoms with Crippen LogP contribution in [0.15, 0.2) is 24.3 Å². The van der Waals surface area contributed by atoms with Crippen molar-refractivity contribution in [3.05, 3.63) is 34.4 Å². The molecule has 0 aliphatic carbocycles. The van der Waals surface area contributed by atoms with Crippen molar-refractivity contribution in [2.75, 3.05) is 13.2 Å². The second-order valence-electron chi connectivity index (χ2n) is 3.73. The molecule has 0 bridgehead atoms. The first-order valence-electron chi connectivity index (χ1n) is 5.53. The second kappa shape index (κ2) is 9.00. The summed E-state index contributed by atoms with van der Waals surface area (Å²) in [5.41, 5.74) is 5.09.